The van der Waals surface area contributed by atoms with E-state index in [0.717, 1.165) is 63.6 Å². The lowest BCUT2D eigenvalue weighted by Crippen LogP contribution is -2.69. The van der Waals surface area contributed by atoms with Gasteiger partial charge in [-0.3, -0.25) is 19.3 Å². The molecule has 2 saturated carbocycles. The summed E-state index contributed by atoms with van der Waals surface area (Å²) in [5, 5.41) is 10.2. The molecule has 1 saturated heterocycles. The highest BCUT2D eigenvalue weighted by Crippen LogP contribution is 2.64. The first-order valence-corrected chi connectivity index (χ1v) is 17.6. The van der Waals surface area contributed by atoms with Crippen molar-refractivity contribution in [2.45, 2.75) is 114 Å². The standard InChI is InChI=1S/C38H48N2O6/c1-3-4-19-40(34(44)13-9-8-12-31(42)25-10-6-5-7-11-25)29-16-15-28-30-21-26-14-17-33(45-24(2)41)36-35(26)38(28,37(29)46-36)18-20-39(30)23-27-22-32(27)43/h5-7,10-11,14,17,27-30,32,37,43H,3-4,8-9,12-13,15-16,18-23H2,1-2H3/t27?,28-,29+,30+,32?,37-,38-/m0/s1. The molecule has 1 N–H and O–H groups in total. The van der Waals surface area contributed by atoms with Crippen molar-refractivity contribution >= 4 is 17.7 Å². The van der Waals surface area contributed by atoms with Gasteiger partial charge in [-0.1, -0.05) is 49.7 Å². The Labute approximate surface area is 272 Å². The minimum Gasteiger partial charge on any atom is -0.483 e. The quantitative estimate of drug-likeness (QED) is 0.136. The molecule has 2 unspecified atom stereocenters. The summed E-state index contributed by atoms with van der Waals surface area (Å²) in [7, 11) is 0. The van der Waals surface area contributed by atoms with Crippen LogP contribution in [0.3, 0.4) is 0 Å². The lowest BCUT2D eigenvalue weighted by molar-refractivity contribution is -0.143. The van der Waals surface area contributed by atoms with E-state index in [2.05, 4.69) is 22.8 Å². The molecule has 8 nitrogen and oxygen atoms in total. The molecule has 2 bridgehead atoms. The van der Waals surface area contributed by atoms with Crippen LogP contribution in [0.1, 0.15) is 99.5 Å². The SMILES string of the molecule is CCCCN(C(=O)CCCCC(=O)c1ccccc1)[C@@H]1CC[C@H]2[C@H]3Cc4ccc(OC(C)=O)c5c4[C@@]2(CCN3CC2CC2O)[C@H]1O5. The van der Waals surface area contributed by atoms with E-state index < -0.39 is 0 Å². The number of hydrogen-bond donors (Lipinski definition) is 1. The number of carbonyl (C=O) groups excluding carboxylic acids is 3. The van der Waals surface area contributed by atoms with Gasteiger partial charge in [0.2, 0.25) is 5.91 Å². The zero-order valence-corrected chi connectivity index (χ0v) is 27.3. The van der Waals surface area contributed by atoms with Crippen LogP contribution in [-0.2, 0) is 21.4 Å². The van der Waals surface area contributed by atoms with Crippen LogP contribution in [-0.4, -0.2) is 76.5 Å². The number of aliphatic hydroxyl groups is 1. The van der Waals surface area contributed by atoms with Gasteiger partial charge in [0.05, 0.1) is 12.1 Å². The third-order valence-electron chi connectivity index (χ3n) is 11.6. The topological polar surface area (TPSA) is 96.4 Å². The average molecular weight is 629 g/mol. The minimum absolute atomic E-state index is 0.0674. The van der Waals surface area contributed by atoms with Crippen LogP contribution in [0.25, 0.3) is 0 Å². The fourth-order valence-corrected chi connectivity index (χ4v) is 9.38. The van der Waals surface area contributed by atoms with Crippen molar-refractivity contribution in [2.75, 3.05) is 19.6 Å². The Kier molecular flexibility index (Phi) is 8.70. The number of esters is 1. The van der Waals surface area contributed by atoms with Gasteiger partial charge in [-0.25, -0.2) is 0 Å². The predicted molar refractivity (Wildman–Crippen MR) is 174 cm³/mol. The Morgan fingerprint density at radius 3 is 2.59 bits per heavy atom. The van der Waals surface area contributed by atoms with Crippen molar-refractivity contribution in [3.8, 4) is 11.5 Å². The second-order valence-electron chi connectivity index (χ2n) is 14.4. The van der Waals surface area contributed by atoms with Crippen LogP contribution >= 0.6 is 0 Å². The van der Waals surface area contributed by atoms with Gasteiger partial charge in [0, 0.05) is 61.4 Å². The van der Waals surface area contributed by atoms with Crippen LogP contribution in [0, 0.1) is 11.8 Å². The first-order chi connectivity index (χ1) is 22.3. The summed E-state index contributed by atoms with van der Waals surface area (Å²) < 4.78 is 12.7. The van der Waals surface area contributed by atoms with Crippen LogP contribution in [0.4, 0.5) is 0 Å². The number of Topliss-reactive ketones (excluding diaryl/α,β-unsaturated/α-hetero) is 1. The molecule has 46 heavy (non-hydrogen) atoms. The minimum atomic E-state index is -0.364. The molecule has 1 spiro atoms. The maximum absolute atomic E-state index is 14.1. The summed E-state index contributed by atoms with van der Waals surface area (Å²) in [6.45, 7) is 6.16. The highest BCUT2D eigenvalue weighted by atomic mass is 16.6. The molecule has 5 aliphatic rings. The Morgan fingerprint density at radius 1 is 1.07 bits per heavy atom. The summed E-state index contributed by atoms with van der Waals surface area (Å²) in [4.78, 5) is 43.6. The number of ketones is 1. The van der Waals surface area contributed by atoms with E-state index in [1.54, 1.807) is 0 Å². The lowest BCUT2D eigenvalue weighted by Gasteiger charge is -2.60. The number of rotatable bonds is 13. The summed E-state index contributed by atoms with van der Waals surface area (Å²) >= 11 is 0. The third-order valence-corrected chi connectivity index (χ3v) is 11.6. The number of benzene rings is 2. The zero-order chi connectivity index (χ0) is 32.0. The van der Waals surface area contributed by atoms with Gasteiger partial charge in [-0.05, 0) is 75.5 Å². The van der Waals surface area contributed by atoms with Gasteiger partial charge in [-0.15, -0.1) is 0 Å². The fourth-order valence-electron chi connectivity index (χ4n) is 9.38. The summed E-state index contributed by atoms with van der Waals surface area (Å²) in [6.07, 6.45) is 8.42. The normalized spacial score (nSPS) is 30.2. The van der Waals surface area contributed by atoms with E-state index in [1.807, 2.05) is 36.4 Å². The molecule has 0 aromatic heterocycles. The average Bonchev–Trinajstić information content (AvgIpc) is 3.63. The van der Waals surface area contributed by atoms with Crippen molar-refractivity contribution in [3.05, 3.63) is 59.2 Å². The molecule has 3 fully saturated rings. The number of hydrogen-bond acceptors (Lipinski definition) is 7. The molecule has 2 aromatic rings. The Hall–Kier alpha value is -3.23. The molecule has 246 valence electrons. The van der Waals surface area contributed by atoms with Gasteiger partial charge in [-0.2, -0.15) is 0 Å². The van der Waals surface area contributed by atoms with Gasteiger partial charge in [0.1, 0.15) is 6.10 Å². The van der Waals surface area contributed by atoms with Gasteiger partial charge >= 0.3 is 5.97 Å². The predicted octanol–water partition coefficient (Wildman–Crippen LogP) is 5.47. The monoisotopic (exact) mass is 628 g/mol. The summed E-state index contributed by atoms with van der Waals surface area (Å²) in [5.41, 5.74) is 2.98. The molecule has 3 aliphatic carbocycles. The van der Waals surface area contributed by atoms with Crippen molar-refractivity contribution < 1.29 is 29.0 Å². The molecule has 8 heteroatoms. The maximum Gasteiger partial charge on any atom is 0.308 e. The Morgan fingerprint density at radius 2 is 1.85 bits per heavy atom. The molecule has 2 aromatic carbocycles. The van der Waals surface area contributed by atoms with E-state index in [4.69, 9.17) is 9.47 Å². The number of likely N-dealkylation sites (tertiary alicyclic amines) is 1. The number of piperidine rings is 1. The van der Waals surface area contributed by atoms with Crippen LogP contribution in [0.5, 0.6) is 11.5 Å². The second kappa shape index (κ2) is 12.8. The number of aliphatic hydroxyl groups excluding tert-OH is 1. The van der Waals surface area contributed by atoms with Gasteiger partial charge in [0.15, 0.2) is 17.3 Å². The highest BCUT2D eigenvalue weighted by molar-refractivity contribution is 5.96. The molecule has 7 rings (SSSR count). The van der Waals surface area contributed by atoms with Crippen molar-refractivity contribution in [3.63, 3.8) is 0 Å². The molecule has 2 heterocycles. The van der Waals surface area contributed by atoms with E-state index in [1.165, 1.54) is 18.1 Å². The smallest absolute Gasteiger partial charge is 0.308 e. The van der Waals surface area contributed by atoms with Crippen LogP contribution in [0.15, 0.2) is 42.5 Å². The van der Waals surface area contributed by atoms with Gasteiger partial charge in [0.25, 0.3) is 0 Å². The molecule has 7 atom stereocenters. The fraction of sp³-hybridized carbons (Fsp3) is 0.605. The molecule has 1 amide bonds. The largest absolute Gasteiger partial charge is 0.483 e. The highest BCUT2D eigenvalue weighted by Gasteiger charge is 2.67. The first kappa shape index (κ1) is 31.4. The molecule has 2 aliphatic heterocycles. The Balaban J connectivity index is 1.14. The molecular weight excluding hydrogens is 580 g/mol. The second-order valence-corrected chi connectivity index (χ2v) is 14.4. The van der Waals surface area contributed by atoms with Crippen LogP contribution < -0.4 is 9.47 Å². The van der Waals surface area contributed by atoms with Crippen molar-refractivity contribution in [1.82, 2.24) is 9.80 Å². The van der Waals surface area contributed by atoms with Crippen molar-refractivity contribution in [2.24, 2.45) is 11.8 Å². The van der Waals surface area contributed by atoms with Crippen LogP contribution in [0.2, 0.25) is 0 Å². The zero-order valence-electron chi connectivity index (χ0n) is 27.3. The number of carbonyl (C=O) groups is 3. The van der Waals surface area contributed by atoms with E-state index in [0.29, 0.717) is 61.6 Å². The summed E-state index contributed by atoms with van der Waals surface area (Å²) in [5.74, 6) is 1.86. The molecular formula is C38H48N2O6. The first-order valence-electron chi connectivity index (χ1n) is 17.6. The van der Waals surface area contributed by atoms with E-state index >= 15 is 0 Å². The van der Waals surface area contributed by atoms with E-state index in [-0.39, 0.29) is 41.3 Å². The van der Waals surface area contributed by atoms with E-state index in [9.17, 15) is 19.5 Å². The molecule has 0 radical (unpaired) electrons. The third kappa shape index (κ3) is 5.55. The number of ether oxygens (including phenoxy) is 2. The lowest BCUT2D eigenvalue weighted by atomic mass is 9.51. The number of unbranched alkanes of at least 4 members (excludes halogenated alkanes) is 2. The van der Waals surface area contributed by atoms with Gasteiger partial charge < -0.3 is 19.5 Å². The maximum atomic E-state index is 14.1. The number of nitrogens with zero attached hydrogens (tertiary/aromatic N) is 2. The van der Waals surface area contributed by atoms with Crippen molar-refractivity contribution in [1.29, 1.82) is 0 Å². The number of amides is 1. The Bertz CT molecular complexity index is 1480. The summed E-state index contributed by atoms with van der Waals surface area (Å²) in [6, 6.07) is 13.7.